The van der Waals surface area contributed by atoms with Crippen LogP contribution in [0.3, 0.4) is 0 Å². The molecule has 0 bridgehead atoms. The first kappa shape index (κ1) is 13.6. The molecule has 1 amide bonds. The molecule has 1 aliphatic rings. The molecular formula is C14H22N2OS. The minimum atomic E-state index is 0.182. The van der Waals surface area contributed by atoms with Gasteiger partial charge in [-0.3, -0.25) is 4.79 Å². The molecule has 1 aromatic rings. The van der Waals surface area contributed by atoms with E-state index in [0.29, 0.717) is 12.5 Å². The van der Waals surface area contributed by atoms with Gasteiger partial charge in [0.2, 0.25) is 5.91 Å². The molecule has 1 aliphatic heterocycles. The third-order valence-corrected chi connectivity index (χ3v) is 4.38. The van der Waals surface area contributed by atoms with Crippen molar-refractivity contribution >= 4 is 17.2 Å². The lowest BCUT2D eigenvalue weighted by molar-refractivity contribution is -0.122. The highest BCUT2D eigenvalue weighted by atomic mass is 32.1. The Labute approximate surface area is 113 Å². The Hall–Kier alpha value is -0.870. The van der Waals surface area contributed by atoms with Gasteiger partial charge < -0.3 is 10.6 Å². The second-order valence-corrected chi connectivity index (χ2v) is 5.90. The zero-order valence-electron chi connectivity index (χ0n) is 10.9. The molecule has 18 heavy (non-hydrogen) atoms. The Balaban J connectivity index is 1.86. The molecule has 2 unspecified atom stereocenters. The predicted molar refractivity (Wildman–Crippen MR) is 75.8 cm³/mol. The van der Waals surface area contributed by atoms with Crippen LogP contribution in [-0.4, -0.2) is 18.5 Å². The van der Waals surface area contributed by atoms with Gasteiger partial charge in [-0.2, -0.15) is 0 Å². The highest BCUT2D eigenvalue weighted by Crippen LogP contribution is 2.23. The molecule has 2 atom stereocenters. The fourth-order valence-electron chi connectivity index (χ4n) is 2.47. The topological polar surface area (TPSA) is 41.1 Å². The minimum Gasteiger partial charge on any atom is -0.348 e. The zero-order chi connectivity index (χ0) is 12.8. The Bertz CT molecular complexity index is 358. The number of carbonyl (C=O) groups is 1. The van der Waals surface area contributed by atoms with E-state index in [1.807, 2.05) is 6.07 Å². The number of thiophene rings is 1. The summed E-state index contributed by atoms with van der Waals surface area (Å²) in [5, 5.41) is 8.62. The summed E-state index contributed by atoms with van der Waals surface area (Å²) in [6.07, 6.45) is 5.05. The standard InChI is InChI=1S/C14H22N2OS/c1-2-5-12(13-7-4-9-18-13)16-14(17)10-11-6-3-8-15-11/h4,7,9,11-12,15H,2-3,5-6,8,10H2,1H3,(H,16,17). The number of hydrogen-bond donors (Lipinski definition) is 2. The van der Waals surface area contributed by atoms with Gasteiger partial charge in [0.05, 0.1) is 6.04 Å². The largest absolute Gasteiger partial charge is 0.348 e. The van der Waals surface area contributed by atoms with Crippen molar-refractivity contribution in [2.45, 2.75) is 51.1 Å². The van der Waals surface area contributed by atoms with Gasteiger partial charge in [-0.25, -0.2) is 0 Å². The Morgan fingerprint density at radius 3 is 3.17 bits per heavy atom. The van der Waals surface area contributed by atoms with Gasteiger partial charge in [0.1, 0.15) is 0 Å². The normalized spacial score (nSPS) is 20.8. The molecule has 4 heteroatoms. The predicted octanol–water partition coefficient (Wildman–Crippen LogP) is 2.85. The molecule has 1 fully saturated rings. The van der Waals surface area contributed by atoms with Crippen LogP contribution in [0.4, 0.5) is 0 Å². The quantitative estimate of drug-likeness (QED) is 0.831. The van der Waals surface area contributed by atoms with Crippen LogP contribution in [0.25, 0.3) is 0 Å². The third-order valence-electron chi connectivity index (χ3n) is 3.39. The van der Waals surface area contributed by atoms with Gasteiger partial charge in [0.15, 0.2) is 0 Å². The number of amides is 1. The lowest BCUT2D eigenvalue weighted by Gasteiger charge is -2.18. The van der Waals surface area contributed by atoms with Gasteiger partial charge in [0.25, 0.3) is 0 Å². The zero-order valence-corrected chi connectivity index (χ0v) is 11.8. The van der Waals surface area contributed by atoms with Crippen LogP contribution in [-0.2, 0) is 4.79 Å². The lowest BCUT2D eigenvalue weighted by Crippen LogP contribution is -2.33. The minimum absolute atomic E-state index is 0.182. The van der Waals surface area contributed by atoms with E-state index in [9.17, 15) is 4.79 Å². The van der Waals surface area contributed by atoms with Crippen LogP contribution >= 0.6 is 11.3 Å². The molecule has 0 radical (unpaired) electrons. The van der Waals surface area contributed by atoms with Crippen LogP contribution in [0, 0.1) is 0 Å². The van der Waals surface area contributed by atoms with Crippen LogP contribution in [0.2, 0.25) is 0 Å². The van der Waals surface area contributed by atoms with Crippen molar-refractivity contribution < 1.29 is 4.79 Å². The summed E-state index contributed by atoms with van der Waals surface area (Å²) < 4.78 is 0. The molecular weight excluding hydrogens is 244 g/mol. The van der Waals surface area contributed by atoms with Crippen molar-refractivity contribution in [2.75, 3.05) is 6.54 Å². The monoisotopic (exact) mass is 266 g/mol. The first-order valence-electron chi connectivity index (χ1n) is 6.85. The van der Waals surface area contributed by atoms with Crippen LogP contribution in [0.15, 0.2) is 17.5 Å². The molecule has 0 saturated carbocycles. The summed E-state index contributed by atoms with van der Waals surface area (Å²) in [5.41, 5.74) is 0. The summed E-state index contributed by atoms with van der Waals surface area (Å²) in [4.78, 5) is 13.3. The van der Waals surface area contributed by atoms with Crippen molar-refractivity contribution in [1.29, 1.82) is 0 Å². The van der Waals surface area contributed by atoms with Gasteiger partial charge in [-0.05, 0) is 37.3 Å². The maximum Gasteiger partial charge on any atom is 0.222 e. The first-order valence-corrected chi connectivity index (χ1v) is 7.73. The molecule has 0 aliphatic carbocycles. The van der Waals surface area contributed by atoms with Gasteiger partial charge in [-0.1, -0.05) is 19.4 Å². The summed E-state index contributed by atoms with van der Waals surface area (Å²) in [5.74, 6) is 0.182. The molecule has 2 N–H and O–H groups in total. The SMILES string of the molecule is CCCC(NC(=O)CC1CCCN1)c1cccs1. The Morgan fingerprint density at radius 1 is 1.67 bits per heavy atom. The summed E-state index contributed by atoms with van der Waals surface area (Å²) in [6.45, 7) is 3.21. The highest BCUT2D eigenvalue weighted by molar-refractivity contribution is 7.10. The molecule has 100 valence electrons. The molecule has 2 heterocycles. The van der Waals surface area contributed by atoms with Crippen molar-refractivity contribution in [1.82, 2.24) is 10.6 Å². The van der Waals surface area contributed by atoms with Crippen molar-refractivity contribution in [3.63, 3.8) is 0 Å². The van der Waals surface area contributed by atoms with E-state index < -0.39 is 0 Å². The molecule has 0 aromatic carbocycles. The summed E-state index contributed by atoms with van der Waals surface area (Å²) >= 11 is 1.73. The molecule has 0 spiro atoms. The smallest absolute Gasteiger partial charge is 0.222 e. The molecule has 2 rings (SSSR count). The second-order valence-electron chi connectivity index (χ2n) is 4.92. The number of rotatable bonds is 6. The van der Waals surface area contributed by atoms with Crippen molar-refractivity contribution in [3.05, 3.63) is 22.4 Å². The maximum atomic E-state index is 12.0. The van der Waals surface area contributed by atoms with E-state index in [-0.39, 0.29) is 11.9 Å². The van der Waals surface area contributed by atoms with Crippen LogP contribution in [0.5, 0.6) is 0 Å². The van der Waals surface area contributed by atoms with E-state index >= 15 is 0 Å². The van der Waals surface area contributed by atoms with E-state index in [1.54, 1.807) is 11.3 Å². The first-order chi connectivity index (χ1) is 8.79. The number of carbonyl (C=O) groups excluding carboxylic acids is 1. The van der Waals surface area contributed by atoms with E-state index in [1.165, 1.54) is 11.3 Å². The van der Waals surface area contributed by atoms with Gasteiger partial charge in [-0.15, -0.1) is 11.3 Å². The van der Waals surface area contributed by atoms with E-state index in [2.05, 4.69) is 29.0 Å². The summed E-state index contributed by atoms with van der Waals surface area (Å²) in [6, 6.07) is 4.74. The van der Waals surface area contributed by atoms with Crippen LogP contribution < -0.4 is 10.6 Å². The molecule has 1 aromatic heterocycles. The maximum absolute atomic E-state index is 12.0. The van der Waals surface area contributed by atoms with Gasteiger partial charge in [0, 0.05) is 17.3 Å². The molecule has 3 nitrogen and oxygen atoms in total. The fourth-order valence-corrected chi connectivity index (χ4v) is 3.28. The Morgan fingerprint density at radius 2 is 2.56 bits per heavy atom. The van der Waals surface area contributed by atoms with E-state index in [4.69, 9.17) is 0 Å². The highest BCUT2D eigenvalue weighted by Gasteiger charge is 2.20. The average Bonchev–Trinajstić information content (AvgIpc) is 3.00. The fraction of sp³-hybridized carbons (Fsp3) is 0.643. The number of hydrogen-bond acceptors (Lipinski definition) is 3. The van der Waals surface area contributed by atoms with Crippen molar-refractivity contribution in [2.24, 2.45) is 0 Å². The summed E-state index contributed by atoms with van der Waals surface area (Å²) in [7, 11) is 0. The lowest BCUT2D eigenvalue weighted by atomic mass is 10.1. The van der Waals surface area contributed by atoms with Gasteiger partial charge >= 0.3 is 0 Å². The average molecular weight is 266 g/mol. The van der Waals surface area contributed by atoms with Crippen molar-refractivity contribution in [3.8, 4) is 0 Å². The van der Waals surface area contributed by atoms with E-state index in [0.717, 1.165) is 25.8 Å². The number of nitrogens with one attached hydrogen (secondary N) is 2. The molecule has 1 saturated heterocycles. The Kier molecular flexibility index (Phi) is 5.20. The second kappa shape index (κ2) is 6.90. The van der Waals surface area contributed by atoms with Crippen LogP contribution in [0.1, 0.15) is 49.9 Å². The third kappa shape index (κ3) is 3.82.